The number of nitrogens with zero attached hydrogens (tertiary/aromatic N) is 4. The molecule has 4 nitrogen and oxygen atoms in total. The molecule has 0 saturated carbocycles. The minimum Gasteiger partial charge on any atom is -0.294 e. The number of halogens is 2. The first-order chi connectivity index (χ1) is 8.74. The summed E-state index contributed by atoms with van der Waals surface area (Å²) in [7, 11) is 0. The molecule has 0 spiro atoms. The summed E-state index contributed by atoms with van der Waals surface area (Å²) < 4.78 is 13.6. The van der Waals surface area contributed by atoms with Gasteiger partial charge in [-0.3, -0.25) is 4.90 Å². The minimum absolute atomic E-state index is 0.247. The first-order valence-electron chi connectivity index (χ1n) is 5.75. The van der Waals surface area contributed by atoms with Gasteiger partial charge < -0.3 is 0 Å². The molecule has 0 N–H and O–H groups in total. The van der Waals surface area contributed by atoms with Gasteiger partial charge in [0.2, 0.25) is 0 Å². The molecule has 3 rings (SSSR count). The van der Waals surface area contributed by atoms with Gasteiger partial charge in [0.25, 0.3) is 0 Å². The second kappa shape index (κ2) is 4.66. The molecule has 6 heteroatoms. The Bertz CT molecular complexity index is 517. The van der Waals surface area contributed by atoms with Gasteiger partial charge >= 0.3 is 0 Å². The van der Waals surface area contributed by atoms with Crippen molar-refractivity contribution in [3.8, 4) is 0 Å². The fraction of sp³-hybridized carbons (Fsp3) is 0.333. The highest BCUT2D eigenvalue weighted by molar-refractivity contribution is 6.31. The quantitative estimate of drug-likeness (QED) is 0.853. The first kappa shape index (κ1) is 11.6. The number of likely N-dealkylation sites (tertiary alicyclic amines) is 1. The van der Waals surface area contributed by atoms with Crippen LogP contribution < -0.4 is 0 Å². The third-order valence-corrected chi connectivity index (χ3v) is 3.50. The lowest BCUT2D eigenvalue weighted by atomic mass is 10.1. The van der Waals surface area contributed by atoms with Crippen LogP contribution in [0.25, 0.3) is 0 Å². The SMILES string of the molecule is Fc1cccc(Cl)c1CN1CC(n2nccn2)C1. The van der Waals surface area contributed by atoms with Crippen LogP contribution in [0, 0.1) is 5.82 Å². The van der Waals surface area contributed by atoms with Crippen LogP contribution in [0.2, 0.25) is 5.02 Å². The highest BCUT2D eigenvalue weighted by Crippen LogP contribution is 2.26. The summed E-state index contributed by atoms with van der Waals surface area (Å²) >= 11 is 5.99. The minimum atomic E-state index is -0.247. The molecule has 94 valence electrons. The van der Waals surface area contributed by atoms with Crippen LogP contribution in [0.4, 0.5) is 4.39 Å². The normalized spacial score (nSPS) is 16.8. The Balaban J connectivity index is 1.63. The Labute approximate surface area is 109 Å². The standard InChI is InChI=1S/C12H12ClFN4/c13-11-2-1-3-12(14)10(11)8-17-6-9(7-17)18-15-4-5-16-18/h1-5,9H,6-8H2. The summed E-state index contributed by atoms with van der Waals surface area (Å²) in [6, 6.07) is 5.05. The van der Waals surface area contributed by atoms with Crippen molar-refractivity contribution < 1.29 is 4.39 Å². The van der Waals surface area contributed by atoms with E-state index in [-0.39, 0.29) is 11.9 Å². The number of rotatable bonds is 3. The highest BCUT2D eigenvalue weighted by Gasteiger charge is 2.30. The average molecular weight is 267 g/mol. The molecule has 0 radical (unpaired) electrons. The van der Waals surface area contributed by atoms with E-state index < -0.39 is 0 Å². The van der Waals surface area contributed by atoms with E-state index in [0.29, 0.717) is 17.1 Å². The highest BCUT2D eigenvalue weighted by atomic mass is 35.5. The zero-order valence-electron chi connectivity index (χ0n) is 9.63. The summed E-state index contributed by atoms with van der Waals surface area (Å²) in [5.41, 5.74) is 0.561. The van der Waals surface area contributed by atoms with Gasteiger partial charge in [-0.25, -0.2) is 4.39 Å². The summed E-state index contributed by atoms with van der Waals surface area (Å²) in [6.45, 7) is 2.17. The van der Waals surface area contributed by atoms with Gasteiger partial charge in [-0.1, -0.05) is 17.7 Å². The van der Waals surface area contributed by atoms with Crippen LogP contribution in [-0.2, 0) is 6.54 Å². The maximum Gasteiger partial charge on any atom is 0.129 e. The van der Waals surface area contributed by atoms with E-state index in [1.165, 1.54) is 6.07 Å². The van der Waals surface area contributed by atoms with Crippen LogP contribution in [0.5, 0.6) is 0 Å². The molecule has 1 aromatic heterocycles. The van der Waals surface area contributed by atoms with E-state index in [1.807, 2.05) is 0 Å². The summed E-state index contributed by atoms with van der Waals surface area (Å²) in [4.78, 5) is 3.82. The van der Waals surface area contributed by atoms with Crippen molar-refractivity contribution in [2.45, 2.75) is 12.6 Å². The Morgan fingerprint density at radius 1 is 1.28 bits per heavy atom. The van der Waals surface area contributed by atoms with Gasteiger partial charge in [-0.2, -0.15) is 15.0 Å². The van der Waals surface area contributed by atoms with E-state index >= 15 is 0 Å². The van der Waals surface area contributed by atoms with Crippen LogP contribution >= 0.6 is 11.6 Å². The van der Waals surface area contributed by atoms with E-state index in [9.17, 15) is 4.39 Å². The van der Waals surface area contributed by atoms with Gasteiger partial charge in [-0.05, 0) is 12.1 Å². The molecule has 2 heterocycles. The lowest BCUT2D eigenvalue weighted by Gasteiger charge is -2.38. The molecule has 0 aliphatic carbocycles. The molecule has 1 aliphatic rings. The van der Waals surface area contributed by atoms with Crippen LogP contribution in [-0.4, -0.2) is 33.0 Å². The van der Waals surface area contributed by atoms with Crippen molar-refractivity contribution in [2.75, 3.05) is 13.1 Å². The van der Waals surface area contributed by atoms with Crippen LogP contribution in [0.1, 0.15) is 11.6 Å². The smallest absolute Gasteiger partial charge is 0.129 e. The molecule has 0 unspecified atom stereocenters. The summed E-state index contributed by atoms with van der Waals surface area (Å²) in [5, 5.41) is 8.67. The molecular formula is C12H12ClFN4. The third-order valence-electron chi connectivity index (χ3n) is 3.14. The van der Waals surface area contributed by atoms with E-state index in [0.717, 1.165) is 13.1 Å². The van der Waals surface area contributed by atoms with Crippen molar-refractivity contribution >= 4 is 11.6 Å². The van der Waals surface area contributed by atoms with Gasteiger partial charge in [-0.15, -0.1) is 0 Å². The number of hydrogen-bond donors (Lipinski definition) is 0. The lowest BCUT2D eigenvalue weighted by Crippen LogP contribution is -2.47. The summed E-state index contributed by atoms with van der Waals surface area (Å²) in [5.74, 6) is -0.247. The molecule has 18 heavy (non-hydrogen) atoms. The maximum absolute atomic E-state index is 13.6. The van der Waals surface area contributed by atoms with Gasteiger partial charge in [0.1, 0.15) is 5.82 Å². The van der Waals surface area contributed by atoms with E-state index in [2.05, 4.69) is 15.1 Å². The van der Waals surface area contributed by atoms with Gasteiger partial charge in [0, 0.05) is 30.2 Å². The monoisotopic (exact) mass is 266 g/mol. The fourth-order valence-electron chi connectivity index (χ4n) is 2.14. The second-order valence-corrected chi connectivity index (χ2v) is 4.80. The molecule has 0 atom stereocenters. The molecular weight excluding hydrogens is 255 g/mol. The molecule has 1 aromatic carbocycles. The third kappa shape index (κ3) is 2.11. The van der Waals surface area contributed by atoms with Crippen molar-refractivity contribution in [1.82, 2.24) is 19.9 Å². The van der Waals surface area contributed by atoms with Gasteiger partial charge in [0.05, 0.1) is 18.4 Å². The predicted octanol–water partition coefficient (Wildman–Crippen LogP) is 2.13. The molecule has 1 saturated heterocycles. The topological polar surface area (TPSA) is 34.0 Å². The Kier molecular flexibility index (Phi) is 3.01. The lowest BCUT2D eigenvalue weighted by molar-refractivity contribution is 0.0803. The van der Waals surface area contributed by atoms with E-state index in [4.69, 9.17) is 11.6 Å². The van der Waals surface area contributed by atoms with E-state index in [1.54, 1.807) is 29.3 Å². The maximum atomic E-state index is 13.6. The molecule has 0 amide bonds. The zero-order valence-corrected chi connectivity index (χ0v) is 10.4. The molecule has 2 aromatic rings. The number of hydrogen-bond acceptors (Lipinski definition) is 3. The summed E-state index contributed by atoms with van der Waals surface area (Å²) in [6.07, 6.45) is 3.33. The Hall–Kier alpha value is -1.46. The molecule has 1 aliphatic heterocycles. The predicted molar refractivity (Wildman–Crippen MR) is 65.7 cm³/mol. The fourth-order valence-corrected chi connectivity index (χ4v) is 2.36. The number of aromatic nitrogens is 3. The Morgan fingerprint density at radius 3 is 2.67 bits per heavy atom. The van der Waals surface area contributed by atoms with Crippen molar-refractivity contribution in [3.05, 3.63) is 47.0 Å². The Morgan fingerprint density at radius 2 is 2.00 bits per heavy atom. The van der Waals surface area contributed by atoms with Crippen LogP contribution in [0.3, 0.4) is 0 Å². The van der Waals surface area contributed by atoms with Crippen molar-refractivity contribution in [3.63, 3.8) is 0 Å². The first-order valence-corrected chi connectivity index (χ1v) is 6.13. The number of benzene rings is 1. The van der Waals surface area contributed by atoms with Crippen molar-refractivity contribution in [1.29, 1.82) is 0 Å². The zero-order chi connectivity index (χ0) is 12.5. The average Bonchev–Trinajstić information content (AvgIpc) is 2.79. The largest absolute Gasteiger partial charge is 0.294 e. The molecule has 1 fully saturated rings. The van der Waals surface area contributed by atoms with Crippen molar-refractivity contribution in [2.24, 2.45) is 0 Å². The van der Waals surface area contributed by atoms with Crippen LogP contribution in [0.15, 0.2) is 30.6 Å². The van der Waals surface area contributed by atoms with Gasteiger partial charge in [0.15, 0.2) is 0 Å². The second-order valence-electron chi connectivity index (χ2n) is 4.40. The molecule has 0 bridgehead atoms.